The Morgan fingerprint density at radius 3 is 1.73 bits per heavy atom. The van der Waals surface area contributed by atoms with Crippen molar-refractivity contribution in [3.05, 3.63) is 28.8 Å². The molecule has 0 saturated carbocycles. The van der Waals surface area contributed by atoms with Crippen LogP contribution in [0.5, 0.6) is 5.75 Å². The first-order valence-electron chi connectivity index (χ1n) is 8.28. The van der Waals surface area contributed by atoms with Gasteiger partial charge in [-0.1, -0.05) is 79.0 Å². The molecule has 0 aromatic heterocycles. The topological polar surface area (TPSA) is 9.23 Å². The van der Waals surface area contributed by atoms with E-state index in [1.54, 1.807) is 0 Å². The van der Waals surface area contributed by atoms with Crippen molar-refractivity contribution in [1.29, 1.82) is 0 Å². The van der Waals surface area contributed by atoms with Gasteiger partial charge in [0.2, 0.25) is 0 Å². The third-order valence-corrected chi connectivity index (χ3v) is 6.36. The van der Waals surface area contributed by atoms with Crippen molar-refractivity contribution in [2.45, 2.75) is 78.4 Å². The van der Waals surface area contributed by atoms with E-state index in [-0.39, 0.29) is 10.8 Å². The van der Waals surface area contributed by atoms with Crippen LogP contribution >= 0.6 is 10.0 Å². The molecule has 0 aliphatic carbocycles. The minimum absolute atomic E-state index is 0.0458. The van der Waals surface area contributed by atoms with E-state index < -0.39 is 13.6 Å². The lowest BCUT2D eigenvalue weighted by atomic mass is 9.78. The summed E-state index contributed by atoms with van der Waals surface area (Å²) in [5, 5.41) is 0.989. The van der Waals surface area contributed by atoms with Crippen LogP contribution in [0.4, 0.5) is 0 Å². The molecule has 0 unspecified atom stereocenters. The summed E-state index contributed by atoms with van der Waals surface area (Å²) in [4.78, 5) is 0. The average Bonchev–Trinajstić information content (AvgIpc) is 2.26. The average molecular weight is 339 g/mol. The summed E-state index contributed by atoms with van der Waals surface area (Å²) < 4.78 is 6.40. The first-order chi connectivity index (χ1) is 9.82. The Bertz CT molecular complexity index is 474. The van der Waals surface area contributed by atoms with Crippen molar-refractivity contribution in [2.75, 3.05) is 0 Å². The zero-order valence-corrected chi connectivity index (χ0v) is 17.7. The maximum absolute atomic E-state index is 6.61. The largest absolute Gasteiger partial charge is 0.679 e. The molecule has 0 aliphatic heterocycles. The molecule has 0 saturated heterocycles. The number of halogens is 1. The molecular formula is C19H32AlClO. The zero-order valence-electron chi connectivity index (χ0n) is 15.8. The molecule has 1 aromatic carbocycles. The van der Waals surface area contributed by atoms with E-state index in [4.69, 9.17) is 13.8 Å². The van der Waals surface area contributed by atoms with Crippen LogP contribution in [0.1, 0.15) is 72.1 Å². The van der Waals surface area contributed by atoms with Gasteiger partial charge in [-0.15, -0.1) is 0 Å². The number of benzene rings is 1. The third-order valence-electron chi connectivity index (χ3n) is 3.75. The lowest BCUT2D eigenvalue weighted by Gasteiger charge is -2.32. The van der Waals surface area contributed by atoms with Gasteiger partial charge in [0.1, 0.15) is 0 Å². The van der Waals surface area contributed by atoms with Gasteiger partial charge in [-0.2, -0.15) is 0 Å². The lowest BCUT2D eigenvalue weighted by molar-refractivity contribution is 0.484. The second kappa shape index (κ2) is 7.17. The first kappa shape index (κ1) is 19.9. The van der Waals surface area contributed by atoms with Gasteiger partial charge >= 0.3 is 13.6 Å². The summed E-state index contributed by atoms with van der Waals surface area (Å²) in [5.41, 5.74) is 3.94. The van der Waals surface area contributed by atoms with Crippen LogP contribution in [0.25, 0.3) is 0 Å². The van der Waals surface area contributed by atoms with Crippen molar-refractivity contribution < 1.29 is 3.79 Å². The van der Waals surface area contributed by atoms with E-state index in [9.17, 15) is 0 Å². The maximum Gasteiger partial charge on any atom is 0.679 e. The van der Waals surface area contributed by atoms with E-state index in [1.165, 1.54) is 16.7 Å². The van der Waals surface area contributed by atoms with Gasteiger partial charge in [0, 0.05) is 0 Å². The quantitative estimate of drug-likeness (QED) is 0.581. The van der Waals surface area contributed by atoms with Crippen LogP contribution in [0.3, 0.4) is 0 Å². The molecule has 1 nitrogen and oxygen atoms in total. The summed E-state index contributed by atoms with van der Waals surface area (Å²) in [5.74, 6) is 1.62. The predicted molar refractivity (Wildman–Crippen MR) is 100 cm³/mol. The second-order valence-corrected chi connectivity index (χ2v) is 11.8. The second-order valence-electron chi connectivity index (χ2n) is 8.85. The molecule has 0 N–H and O–H groups in total. The Balaban J connectivity index is 3.42. The van der Waals surface area contributed by atoms with E-state index >= 15 is 0 Å². The van der Waals surface area contributed by atoms with E-state index in [1.807, 2.05) is 0 Å². The Hall–Kier alpha value is -0.158. The normalized spacial score (nSPS) is 12.7. The molecule has 0 spiro atoms. The molecule has 3 heteroatoms. The lowest BCUT2D eigenvalue weighted by Crippen LogP contribution is -2.25. The molecule has 1 aromatic rings. The maximum atomic E-state index is 6.61. The Morgan fingerprint density at radius 2 is 1.41 bits per heavy atom. The SMILES string of the molecule is Cc1cc(C(C)(C)C)c([O][Al]([Cl])[CH2]C(C)C)c(C(C)(C)C)c1. The van der Waals surface area contributed by atoms with Crippen LogP contribution in [-0.4, -0.2) is 13.6 Å². The minimum atomic E-state index is -1.73. The van der Waals surface area contributed by atoms with Gasteiger partial charge in [0.05, 0.1) is 5.75 Å². The van der Waals surface area contributed by atoms with Crippen molar-refractivity contribution in [2.24, 2.45) is 5.92 Å². The summed E-state index contributed by atoms with van der Waals surface area (Å²) in [6, 6.07) is 4.52. The highest BCUT2D eigenvalue weighted by atomic mass is 35.6. The fraction of sp³-hybridized carbons (Fsp3) is 0.684. The molecule has 0 fully saturated rings. The summed E-state index contributed by atoms with van der Waals surface area (Å²) in [6.07, 6.45) is 0. The molecule has 0 atom stereocenters. The first-order valence-corrected chi connectivity index (χ1v) is 11.3. The van der Waals surface area contributed by atoms with Crippen LogP contribution in [-0.2, 0) is 10.8 Å². The third kappa shape index (κ3) is 5.48. The fourth-order valence-corrected chi connectivity index (χ4v) is 5.24. The van der Waals surface area contributed by atoms with E-state index in [0.29, 0.717) is 5.92 Å². The summed E-state index contributed by atoms with van der Waals surface area (Å²) >= 11 is -1.73. The zero-order chi connectivity index (χ0) is 17.3. The summed E-state index contributed by atoms with van der Waals surface area (Å²) in [7, 11) is 6.61. The molecule has 1 rings (SSSR count). The summed E-state index contributed by atoms with van der Waals surface area (Å²) in [6.45, 7) is 20.0. The van der Waals surface area contributed by atoms with Crippen molar-refractivity contribution in [3.8, 4) is 5.75 Å². The van der Waals surface area contributed by atoms with Gasteiger partial charge in [0.15, 0.2) is 0 Å². The molecule has 0 radical (unpaired) electrons. The Morgan fingerprint density at radius 1 is 1.00 bits per heavy atom. The standard InChI is InChI=1S/C15H24O.C4H9.Al.ClH/c1-10-8-11(14(2,3)4)13(16)12(9-10)15(5,6)7;1-4(2)3;;/h8-9,16H,1-7H3;4H,1H2,2-3H3;;1H/q;;+2;/p-2. The van der Waals surface area contributed by atoms with Crippen LogP contribution < -0.4 is 3.79 Å². The Kier molecular flexibility index (Phi) is 6.48. The van der Waals surface area contributed by atoms with Crippen molar-refractivity contribution in [1.82, 2.24) is 0 Å². The molecule has 0 aliphatic rings. The van der Waals surface area contributed by atoms with Gasteiger partial charge < -0.3 is 3.79 Å². The van der Waals surface area contributed by atoms with Crippen LogP contribution in [0.2, 0.25) is 5.28 Å². The highest BCUT2D eigenvalue weighted by molar-refractivity contribution is 7.03. The smallest absolute Gasteiger partial charge is 0.631 e. The Labute approximate surface area is 146 Å². The minimum Gasteiger partial charge on any atom is -0.631 e. The molecule has 0 heterocycles. The van der Waals surface area contributed by atoms with Gasteiger partial charge in [0.25, 0.3) is 0 Å². The fourth-order valence-electron chi connectivity index (χ4n) is 2.56. The van der Waals surface area contributed by atoms with Crippen LogP contribution in [0, 0.1) is 12.8 Å². The predicted octanol–water partition coefficient (Wildman–Crippen LogP) is 6.35. The van der Waals surface area contributed by atoms with E-state index in [0.717, 1.165) is 11.0 Å². The number of hydrogen-bond donors (Lipinski definition) is 0. The molecule has 22 heavy (non-hydrogen) atoms. The molecular weight excluding hydrogens is 307 g/mol. The number of aryl methyl sites for hydroxylation is 1. The van der Waals surface area contributed by atoms with Crippen molar-refractivity contribution in [3.63, 3.8) is 0 Å². The highest BCUT2D eigenvalue weighted by Crippen LogP contribution is 2.41. The van der Waals surface area contributed by atoms with Gasteiger partial charge in [-0.3, -0.25) is 0 Å². The molecule has 0 bridgehead atoms. The molecule has 124 valence electrons. The number of rotatable bonds is 4. The van der Waals surface area contributed by atoms with E-state index in [2.05, 4.69) is 74.4 Å². The highest BCUT2D eigenvalue weighted by Gasteiger charge is 2.31. The molecule has 0 amide bonds. The van der Waals surface area contributed by atoms with Crippen molar-refractivity contribution >= 4 is 23.6 Å². The monoisotopic (exact) mass is 338 g/mol. The number of hydrogen-bond acceptors (Lipinski definition) is 1. The van der Waals surface area contributed by atoms with Crippen LogP contribution in [0.15, 0.2) is 12.1 Å². The van der Waals surface area contributed by atoms with Gasteiger partial charge in [-0.25, -0.2) is 10.0 Å². The van der Waals surface area contributed by atoms with Gasteiger partial charge in [-0.05, 0) is 34.2 Å².